The molecule has 3 atom stereocenters. The fourth-order valence-corrected chi connectivity index (χ4v) is 3.55. The van der Waals surface area contributed by atoms with E-state index in [9.17, 15) is 0 Å². The van der Waals surface area contributed by atoms with Crippen molar-refractivity contribution in [2.75, 3.05) is 0 Å². The van der Waals surface area contributed by atoms with Gasteiger partial charge in [-0.3, -0.25) is 0 Å². The molecule has 0 radical (unpaired) electrons. The van der Waals surface area contributed by atoms with Crippen molar-refractivity contribution in [1.82, 2.24) is 0 Å². The molecule has 1 aromatic carbocycles. The predicted octanol–water partition coefficient (Wildman–Crippen LogP) is 4.31. The Kier molecular flexibility index (Phi) is 4.45. The van der Waals surface area contributed by atoms with Crippen molar-refractivity contribution in [1.29, 1.82) is 0 Å². The monoisotopic (exact) mass is 245 g/mol. The maximum absolute atomic E-state index is 6.38. The van der Waals surface area contributed by atoms with Crippen LogP contribution in [0.4, 0.5) is 0 Å². The molecule has 0 aliphatic heterocycles. The predicted molar refractivity (Wildman–Crippen MR) is 78.9 cm³/mol. The van der Waals surface area contributed by atoms with E-state index >= 15 is 0 Å². The summed E-state index contributed by atoms with van der Waals surface area (Å²) in [7, 11) is 0. The van der Waals surface area contributed by atoms with E-state index in [4.69, 9.17) is 5.73 Å². The van der Waals surface area contributed by atoms with Crippen molar-refractivity contribution >= 4 is 0 Å². The van der Waals surface area contributed by atoms with E-state index in [0.717, 1.165) is 5.92 Å². The molecule has 0 saturated heterocycles. The van der Waals surface area contributed by atoms with Crippen LogP contribution in [0.1, 0.15) is 61.6 Å². The summed E-state index contributed by atoms with van der Waals surface area (Å²) in [6, 6.07) is 7.20. The summed E-state index contributed by atoms with van der Waals surface area (Å²) in [6.45, 7) is 6.69. The van der Waals surface area contributed by atoms with E-state index in [1.807, 2.05) is 0 Å². The lowest BCUT2D eigenvalue weighted by atomic mass is 9.73. The van der Waals surface area contributed by atoms with Crippen molar-refractivity contribution in [2.45, 2.75) is 64.8 Å². The molecule has 1 aromatic rings. The van der Waals surface area contributed by atoms with Gasteiger partial charge in [-0.15, -0.1) is 0 Å². The summed E-state index contributed by atoms with van der Waals surface area (Å²) in [5.74, 6) is 1.47. The Bertz CT molecular complexity index is 397. The third kappa shape index (κ3) is 2.95. The molecular weight excluding hydrogens is 218 g/mol. The van der Waals surface area contributed by atoms with Crippen molar-refractivity contribution in [2.24, 2.45) is 11.7 Å². The first-order valence-corrected chi connectivity index (χ1v) is 7.44. The molecule has 3 unspecified atom stereocenters. The Hall–Kier alpha value is -0.820. The van der Waals surface area contributed by atoms with Gasteiger partial charge in [-0.1, -0.05) is 43.5 Å². The Morgan fingerprint density at radius 1 is 1.22 bits per heavy atom. The average molecular weight is 245 g/mol. The van der Waals surface area contributed by atoms with E-state index in [1.165, 1.54) is 48.8 Å². The highest BCUT2D eigenvalue weighted by Gasteiger charge is 2.29. The lowest BCUT2D eigenvalue weighted by molar-refractivity contribution is 0.274. The van der Waals surface area contributed by atoms with Gasteiger partial charge in [-0.2, -0.15) is 0 Å². The molecule has 1 heteroatoms. The third-order valence-corrected chi connectivity index (χ3v) is 4.53. The second-order valence-corrected chi connectivity index (χ2v) is 6.10. The molecule has 0 heterocycles. The highest BCUT2D eigenvalue weighted by Crippen LogP contribution is 2.38. The van der Waals surface area contributed by atoms with Gasteiger partial charge in [-0.05, 0) is 56.1 Å². The SMILES string of the molecule is CCCC1CCC(N)C(c2ccc(C)cc2C)C1. The van der Waals surface area contributed by atoms with Gasteiger partial charge >= 0.3 is 0 Å². The molecule has 1 aliphatic carbocycles. The molecule has 18 heavy (non-hydrogen) atoms. The molecule has 0 amide bonds. The minimum Gasteiger partial charge on any atom is -0.327 e. The molecule has 0 aromatic heterocycles. The molecule has 1 nitrogen and oxygen atoms in total. The number of rotatable bonds is 3. The standard InChI is InChI=1S/C17H27N/c1-4-5-14-7-9-17(18)16(11-14)15-8-6-12(2)10-13(15)3/h6,8,10,14,16-17H,4-5,7,9,11,18H2,1-3H3. The lowest BCUT2D eigenvalue weighted by Gasteiger charge is -2.35. The first-order chi connectivity index (χ1) is 8.61. The Morgan fingerprint density at radius 3 is 2.67 bits per heavy atom. The summed E-state index contributed by atoms with van der Waals surface area (Å²) in [4.78, 5) is 0. The van der Waals surface area contributed by atoms with Gasteiger partial charge in [0.1, 0.15) is 0 Å². The molecule has 2 N–H and O–H groups in total. The number of benzene rings is 1. The van der Waals surface area contributed by atoms with Crippen LogP contribution in [0, 0.1) is 19.8 Å². The van der Waals surface area contributed by atoms with Crippen molar-refractivity contribution in [3.05, 3.63) is 34.9 Å². The van der Waals surface area contributed by atoms with Gasteiger partial charge in [0.25, 0.3) is 0 Å². The zero-order chi connectivity index (χ0) is 13.1. The molecule has 1 saturated carbocycles. The zero-order valence-corrected chi connectivity index (χ0v) is 12.1. The molecule has 100 valence electrons. The normalized spacial score (nSPS) is 28.3. The maximum Gasteiger partial charge on any atom is 0.0108 e. The van der Waals surface area contributed by atoms with Crippen molar-refractivity contribution < 1.29 is 0 Å². The van der Waals surface area contributed by atoms with Crippen LogP contribution < -0.4 is 5.73 Å². The highest BCUT2D eigenvalue weighted by molar-refractivity contribution is 5.34. The Balaban J connectivity index is 2.18. The third-order valence-electron chi connectivity index (χ3n) is 4.53. The summed E-state index contributed by atoms with van der Waals surface area (Å²) in [5.41, 5.74) is 10.6. The topological polar surface area (TPSA) is 26.0 Å². The molecule has 1 fully saturated rings. The van der Waals surface area contributed by atoms with Crippen LogP contribution in [0.5, 0.6) is 0 Å². The molecule has 1 aliphatic rings. The van der Waals surface area contributed by atoms with Crippen LogP contribution in [0.2, 0.25) is 0 Å². The van der Waals surface area contributed by atoms with Gasteiger partial charge in [0.2, 0.25) is 0 Å². The Morgan fingerprint density at radius 2 is 2.00 bits per heavy atom. The zero-order valence-electron chi connectivity index (χ0n) is 12.1. The summed E-state index contributed by atoms with van der Waals surface area (Å²) in [6.07, 6.45) is 6.49. The minimum atomic E-state index is 0.361. The van der Waals surface area contributed by atoms with E-state index in [2.05, 4.69) is 39.0 Å². The molecule has 0 spiro atoms. The van der Waals surface area contributed by atoms with Gasteiger partial charge in [-0.25, -0.2) is 0 Å². The van der Waals surface area contributed by atoms with Crippen LogP contribution in [0.15, 0.2) is 18.2 Å². The first-order valence-electron chi connectivity index (χ1n) is 7.44. The molecule has 2 rings (SSSR count). The van der Waals surface area contributed by atoms with Crippen LogP contribution >= 0.6 is 0 Å². The fourth-order valence-electron chi connectivity index (χ4n) is 3.55. The van der Waals surface area contributed by atoms with Crippen LogP contribution in [0.3, 0.4) is 0 Å². The van der Waals surface area contributed by atoms with E-state index in [-0.39, 0.29) is 0 Å². The van der Waals surface area contributed by atoms with E-state index in [0.29, 0.717) is 12.0 Å². The number of aryl methyl sites for hydroxylation is 2. The van der Waals surface area contributed by atoms with Gasteiger partial charge in [0.15, 0.2) is 0 Å². The maximum atomic E-state index is 6.38. The Labute approximate surface area is 112 Å². The van der Waals surface area contributed by atoms with Crippen LogP contribution in [-0.4, -0.2) is 6.04 Å². The summed E-state index contributed by atoms with van der Waals surface area (Å²) >= 11 is 0. The van der Waals surface area contributed by atoms with Gasteiger partial charge in [0, 0.05) is 6.04 Å². The fraction of sp³-hybridized carbons (Fsp3) is 0.647. The number of hydrogen-bond acceptors (Lipinski definition) is 1. The summed E-state index contributed by atoms with van der Waals surface area (Å²) < 4.78 is 0. The van der Waals surface area contributed by atoms with Crippen LogP contribution in [0.25, 0.3) is 0 Å². The van der Waals surface area contributed by atoms with Gasteiger partial charge in [0.05, 0.1) is 0 Å². The second kappa shape index (κ2) is 5.88. The number of nitrogens with two attached hydrogens (primary N) is 1. The number of hydrogen-bond donors (Lipinski definition) is 1. The quantitative estimate of drug-likeness (QED) is 0.843. The van der Waals surface area contributed by atoms with Crippen molar-refractivity contribution in [3.63, 3.8) is 0 Å². The smallest absolute Gasteiger partial charge is 0.0108 e. The van der Waals surface area contributed by atoms with Crippen LogP contribution in [-0.2, 0) is 0 Å². The van der Waals surface area contributed by atoms with E-state index in [1.54, 1.807) is 0 Å². The average Bonchev–Trinajstić information content (AvgIpc) is 2.33. The minimum absolute atomic E-state index is 0.361. The second-order valence-electron chi connectivity index (χ2n) is 6.10. The molecular formula is C17H27N. The lowest BCUT2D eigenvalue weighted by Crippen LogP contribution is -2.35. The van der Waals surface area contributed by atoms with Gasteiger partial charge < -0.3 is 5.73 Å². The largest absolute Gasteiger partial charge is 0.327 e. The van der Waals surface area contributed by atoms with Crippen molar-refractivity contribution in [3.8, 4) is 0 Å². The summed E-state index contributed by atoms with van der Waals surface area (Å²) in [5, 5.41) is 0. The molecule has 0 bridgehead atoms. The first kappa shape index (κ1) is 13.6. The van der Waals surface area contributed by atoms with E-state index < -0.39 is 0 Å². The highest BCUT2D eigenvalue weighted by atomic mass is 14.7.